The van der Waals surface area contributed by atoms with Gasteiger partial charge < -0.3 is 5.11 Å². The number of aliphatic hydroxyl groups excluding tert-OH is 1. The molecule has 1 nitrogen and oxygen atoms in total. The summed E-state index contributed by atoms with van der Waals surface area (Å²) in [5.41, 5.74) is 5.64. The second-order valence-electron chi connectivity index (χ2n) is 13.7. The van der Waals surface area contributed by atoms with Crippen molar-refractivity contribution in [3.63, 3.8) is 0 Å². The van der Waals surface area contributed by atoms with E-state index in [2.05, 4.69) is 60.8 Å². The van der Waals surface area contributed by atoms with Crippen LogP contribution in [-0.4, -0.2) is 11.2 Å². The van der Waals surface area contributed by atoms with Gasteiger partial charge in [-0.2, -0.15) is 0 Å². The van der Waals surface area contributed by atoms with E-state index in [1.165, 1.54) is 50.5 Å². The van der Waals surface area contributed by atoms with Crippen molar-refractivity contribution in [3.05, 3.63) is 36.0 Å². The first-order chi connectivity index (χ1) is 14.9. The second kappa shape index (κ2) is 7.10. The molecule has 0 radical (unpaired) electrons. The summed E-state index contributed by atoms with van der Waals surface area (Å²) in [5, 5.41) is 10.6. The van der Waals surface area contributed by atoms with Gasteiger partial charge in [0.2, 0.25) is 0 Å². The predicted octanol–water partition coefficient (Wildman–Crippen LogP) is 8.11. The van der Waals surface area contributed by atoms with E-state index in [1.807, 2.05) is 5.57 Å². The Labute approximate surface area is 197 Å². The first kappa shape index (κ1) is 22.9. The highest BCUT2D eigenvalue weighted by molar-refractivity contribution is 5.37. The molecule has 5 rings (SSSR count). The first-order valence-electron chi connectivity index (χ1n) is 13.7. The summed E-state index contributed by atoms with van der Waals surface area (Å²) in [4.78, 5) is 0. The maximum Gasteiger partial charge on any atom is 0.0750 e. The van der Waals surface area contributed by atoms with Crippen molar-refractivity contribution in [3.8, 4) is 0 Å². The molecule has 1 heteroatoms. The van der Waals surface area contributed by atoms with Gasteiger partial charge in [0.05, 0.1) is 6.10 Å². The quantitative estimate of drug-likeness (QED) is 0.412. The molecule has 178 valence electrons. The Hall–Kier alpha value is -0.820. The van der Waals surface area contributed by atoms with Gasteiger partial charge in [-0.3, -0.25) is 0 Å². The molecule has 0 saturated heterocycles. The highest BCUT2D eigenvalue weighted by Crippen LogP contribution is 2.75. The molecule has 0 aromatic heterocycles. The maximum atomic E-state index is 10.6. The van der Waals surface area contributed by atoms with Crippen molar-refractivity contribution >= 4 is 0 Å². The van der Waals surface area contributed by atoms with Gasteiger partial charge in [-0.25, -0.2) is 0 Å². The molecule has 10 unspecified atom stereocenters. The summed E-state index contributed by atoms with van der Waals surface area (Å²) in [6.45, 7) is 24.3. The molecule has 5 aliphatic carbocycles. The highest BCUT2D eigenvalue weighted by atomic mass is 16.3. The van der Waals surface area contributed by atoms with Crippen LogP contribution in [0, 0.1) is 51.2 Å². The average molecular weight is 437 g/mol. The van der Waals surface area contributed by atoms with E-state index in [9.17, 15) is 5.11 Å². The first-order valence-corrected chi connectivity index (χ1v) is 13.7. The monoisotopic (exact) mass is 436 g/mol. The fourth-order valence-corrected chi connectivity index (χ4v) is 10.4. The van der Waals surface area contributed by atoms with Crippen LogP contribution in [0.15, 0.2) is 36.0 Å². The molecular formula is C31H48O. The standard InChI is InChI=1S/C31H48O/c1-19(2)31-16-11-20(3)21(4)27(31)24-9-10-26-28(6)14-13-25(32)22(5)23(28)12-15-30(26,8)29(24,7)17-18-31/h9,20-21,23,25-27,32H,1,5,10-18H2,2-4,6-8H3. The third-order valence-corrected chi connectivity index (χ3v) is 12.9. The van der Waals surface area contributed by atoms with Crippen molar-refractivity contribution in [1.29, 1.82) is 0 Å². The van der Waals surface area contributed by atoms with Crippen LogP contribution in [0.1, 0.15) is 99.3 Å². The third kappa shape index (κ3) is 2.61. The molecule has 10 atom stereocenters. The van der Waals surface area contributed by atoms with E-state index in [0.29, 0.717) is 28.6 Å². The minimum absolute atomic E-state index is 0.279. The van der Waals surface area contributed by atoms with Crippen LogP contribution < -0.4 is 0 Å². The Bertz CT molecular complexity index is 866. The zero-order valence-electron chi connectivity index (χ0n) is 21.8. The number of fused-ring (bicyclic) bond motifs is 7. The lowest BCUT2D eigenvalue weighted by Crippen LogP contribution is -2.62. The molecule has 4 saturated carbocycles. The second-order valence-corrected chi connectivity index (χ2v) is 13.7. The van der Waals surface area contributed by atoms with Crippen LogP contribution in [0.2, 0.25) is 0 Å². The molecule has 0 aromatic rings. The Morgan fingerprint density at radius 3 is 2.41 bits per heavy atom. The van der Waals surface area contributed by atoms with E-state index in [-0.39, 0.29) is 16.9 Å². The van der Waals surface area contributed by atoms with Crippen LogP contribution in [0.3, 0.4) is 0 Å². The van der Waals surface area contributed by atoms with E-state index in [1.54, 1.807) is 0 Å². The van der Waals surface area contributed by atoms with Crippen LogP contribution in [0.4, 0.5) is 0 Å². The maximum absolute atomic E-state index is 10.6. The van der Waals surface area contributed by atoms with E-state index in [0.717, 1.165) is 30.3 Å². The Morgan fingerprint density at radius 1 is 1.00 bits per heavy atom. The number of aliphatic hydroxyl groups is 1. The zero-order valence-corrected chi connectivity index (χ0v) is 21.8. The van der Waals surface area contributed by atoms with Gasteiger partial charge in [-0.1, -0.05) is 65.0 Å². The average Bonchev–Trinajstić information content (AvgIpc) is 2.74. The summed E-state index contributed by atoms with van der Waals surface area (Å²) in [7, 11) is 0. The van der Waals surface area contributed by atoms with Gasteiger partial charge in [0, 0.05) is 0 Å². The van der Waals surface area contributed by atoms with Crippen molar-refractivity contribution in [2.45, 2.75) is 105 Å². The van der Waals surface area contributed by atoms with Crippen LogP contribution in [-0.2, 0) is 0 Å². The van der Waals surface area contributed by atoms with Gasteiger partial charge in [0.15, 0.2) is 0 Å². The summed E-state index contributed by atoms with van der Waals surface area (Å²) in [6.07, 6.45) is 13.6. The molecule has 0 spiro atoms. The van der Waals surface area contributed by atoms with Crippen molar-refractivity contribution in [2.75, 3.05) is 0 Å². The molecule has 0 aliphatic heterocycles. The molecular weight excluding hydrogens is 388 g/mol. The topological polar surface area (TPSA) is 20.2 Å². The number of hydrogen-bond acceptors (Lipinski definition) is 1. The highest BCUT2D eigenvalue weighted by Gasteiger charge is 2.67. The van der Waals surface area contributed by atoms with Gasteiger partial charge in [0.1, 0.15) is 0 Å². The molecule has 1 N–H and O–H groups in total. The van der Waals surface area contributed by atoms with E-state index < -0.39 is 0 Å². The molecule has 0 aromatic carbocycles. The fourth-order valence-electron chi connectivity index (χ4n) is 10.4. The lowest BCUT2D eigenvalue weighted by molar-refractivity contribution is -0.151. The van der Waals surface area contributed by atoms with E-state index >= 15 is 0 Å². The van der Waals surface area contributed by atoms with E-state index in [4.69, 9.17) is 0 Å². The minimum atomic E-state index is -0.279. The van der Waals surface area contributed by atoms with Gasteiger partial charge >= 0.3 is 0 Å². The van der Waals surface area contributed by atoms with Crippen LogP contribution >= 0.6 is 0 Å². The third-order valence-electron chi connectivity index (χ3n) is 12.9. The zero-order chi connectivity index (χ0) is 23.3. The normalized spacial score (nSPS) is 55.1. The number of hydrogen-bond donors (Lipinski definition) is 1. The summed E-state index contributed by atoms with van der Waals surface area (Å²) < 4.78 is 0. The van der Waals surface area contributed by atoms with Crippen LogP contribution in [0.5, 0.6) is 0 Å². The Kier molecular flexibility index (Phi) is 5.09. The smallest absolute Gasteiger partial charge is 0.0750 e. The van der Waals surface area contributed by atoms with Gasteiger partial charge in [0.25, 0.3) is 0 Å². The lowest BCUT2D eigenvalue weighted by Gasteiger charge is -2.70. The molecule has 5 aliphatic rings. The SMILES string of the molecule is C=C1C(O)CCC2(C)C1CCC1(C)C2CC=C2C3C(C)C(C)CCC3(C(=C)C)CCC21C. The lowest BCUT2D eigenvalue weighted by atomic mass is 9.34. The molecule has 32 heavy (non-hydrogen) atoms. The molecule has 4 fully saturated rings. The minimum Gasteiger partial charge on any atom is -0.389 e. The summed E-state index contributed by atoms with van der Waals surface area (Å²) >= 11 is 0. The Morgan fingerprint density at radius 2 is 1.72 bits per heavy atom. The molecule has 0 heterocycles. The Balaban J connectivity index is 1.61. The summed E-state index contributed by atoms with van der Waals surface area (Å²) in [6, 6.07) is 0. The summed E-state index contributed by atoms with van der Waals surface area (Å²) in [5.74, 6) is 3.41. The van der Waals surface area contributed by atoms with Gasteiger partial charge in [-0.05, 0) is 122 Å². The van der Waals surface area contributed by atoms with Gasteiger partial charge in [-0.15, -0.1) is 0 Å². The number of allylic oxidation sites excluding steroid dienone is 3. The van der Waals surface area contributed by atoms with Crippen molar-refractivity contribution in [1.82, 2.24) is 0 Å². The predicted molar refractivity (Wildman–Crippen MR) is 135 cm³/mol. The fraction of sp³-hybridized carbons (Fsp3) is 0.806. The van der Waals surface area contributed by atoms with Crippen LogP contribution in [0.25, 0.3) is 0 Å². The molecule has 0 bridgehead atoms. The largest absolute Gasteiger partial charge is 0.389 e. The van der Waals surface area contributed by atoms with Crippen molar-refractivity contribution < 1.29 is 5.11 Å². The number of rotatable bonds is 1. The molecule has 0 amide bonds. The van der Waals surface area contributed by atoms with Crippen molar-refractivity contribution in [2.24, 2.45) is 51.2 Å².